The Morgan fingerprint density at radius 1 is 1.14 bits per heavy atom. The smallest absolute Gasteiger partial charge is 0.225 e. The molecule has 1 aliphatic rings. The summed E-state index contributed by atoms with van der Waals surface area (Å²) in [5.74, 6) is -0.911. The number of carbonyl (C=O) groups is 2. The Balaban J connectivity index is 2.04. The van der Waals surface area contributed by atoms with Crippen molar-refractivity contribution in [1.82, 2.24) is 4.98 Å². The normalized spacial score (nSPS) is 13.6. The lowest BCUT2D eigenvalue weighted by Gasteiger charge is -2.18. The van der Waals surface area contributed by atoms with Gasteiger partial charge in [-0.25, -0.2) is 0 Å². The van der Waals surface area contributed by atoms with Gasteiger partial charge in [-0.15, -0.1) is 0 Å². The maximum absolute atomic E-state index is 12.5. The molecule has 0 spiro atoms. The van der Waals surface area contributed by atoms with Crippen LogP contribution in [0.2, 0.25) is 0 Å². The predicted octanol–water partition coefficient (Wildman–Crippen LogP) is 2.89. The van der Waals surface area contributed by atoms with E-state index in [1.165, 1.54) is 12.3 Å². The maximum Gasteiger partial charge on any atom is 0.225 e. The molecule has 0 fully saturated rings. The van der Waals surface area contributed by atoms with Crippen molar-refractivity contribution in [3.8, 4) is 6.07 Å². The van der Waals surface area contributed by atoms with E-state index in [1.54, 1.807) is 30.3 Å². The van der Waals surface area contributed by atoms with Gasteiger partial charge in [0, 0.05) is 11.9 Å². The molecule has 0 radical (unpaired) electrons. The summed E-state index contributed by atoms with van der Waals surface area (Å²) < 4.78 is 0. The first-order valence-electron chi connectivity index (χ1n) is 6.33. The fourth-order valence-corrected chi connectivity index (χ4v) is 2.37. The van der Waals surface area contributed by atoms with Gasteiger partial charge < -0.3 is 5.32 Å². The van der Waals surface area contributed by atoms with E-state index in [4.69, 9.17) is 16.9 Å². The molecular weight excluding hydrogens is 302 g/mol. The molecular formula is C16H8ClN3O2. The third-order valence-corrected chi connectivity index (χ3v) is 3.53. The number of ketones is 2. The first kappa shape index (κ1) is 14.0. The summed E-state index contributed by atoms with van der Waals surface area (Å²) in [4.78, 5) is 28.6. The van der Waals surface area contributed by atoms with E-state index in [0.29, 0.717) is 11.3 Å². The van der Waals surface area contributed by atoms with Crippen LogP contribution >= 0.6 is 11.6 Å². The second-order valence-corrected chi connectivity index (χ2v) is 4.94. The summed E-state index contributed by atoms with van der Waals surface area (Å²) in [7, 11) is 0. The van der Waals surface area contributed by atoms with Gasteiger partial charge in [-0.1, -0.05) is 17.7 Å². The van der Waals surface area contributed by atoms with Gasteiger partial charge in [-0.3, -0.25) is 14.6 Å². The molecule has 2 aromatic rings. The largest absolute Gasteiger partial charge is 0.351 e. The van der Waals surface area contributed by atoms with Crippen LogP contribution in [0.1, 0.15) is 26.4 Å². The molecule has 22 heavy (non-hydrogen) atoms. The average molecular weight is 310 g/mol. The highest BCUT2D eigenvalue weighted by molar-refractivity contribution is 6.50. The molecule has 1 aromatic heterocycles. The summed E-state index contributed by atoms with van der Waals surface area (Å²) in [5, 5.41) is 11.5. The number of nitriles is 1. The topological polar surface area (TPSA) is 82.8 Å². The number of benzene rings is 1. The Kier molecular flexibility index (Phi) is 3.45. The highest BCUT2D eigenvalue weighted by atomic mass is 35.5. The zero-order chi connectivity index (χ0) is 15.7. The Hall–Kier alpha value is -2.97. The minimum Gasteiger partial charge on any atom is -0.351 e. The van der Waals surface area contributed by atoms with Crippen molar-refractivity contribution in [2.45, 2.75) is 0 Å². The van der Waals surface area contributed by atoms with Crippen molar-refractivity contribution in [1.29, 1.82) is 5.26 Å². The lowest BCUT2D eigenvalue weighted by atomic mass is 9.96. The van der Waals surface area contributed by atoms with Crippen molar-refractivity contribution < 1.29 is 9.59 Å². The molecule has 3 rings (SSSR count). The molecule has 0 aliphatic heterocycles. The molecule has 1 N–H and O–H groups in total. The van der Waals surface area contributed by atoms with E-state index in [-0.39, 0.29) is 22.0 Å². The predicted molar refractivity (Wildman–Crippen MR) is 80.6 cm³/mol. The Labute approximate surface area is 130 Å². The number of rotatable bonds is 2. The zero-order valence-corrected chi connectivity index (χ0v) is 11.9. The van der Waals surface area contributed by atoms with Crippen LogP contribution in [0.25, 0.3) is 0 Å². The number of hydrogen-bond acceptors (Lipinski definition) is 5. The second-order valence-electron chi connectivity index (χ2n) is 4.56. The average Bonchev–Trinajstić information content (AvgIpc) is 2.57. The molecule has 1 heterocycles. The SMILES string of the molecule is N#Cc1cccc(NC2=C(Cl)C(=O)c3ncccc3C2=O)c1. The Bertz CT molecular complexity index is 881. The molecule has 0 amide bonds. The van der Waals surface area contributed by atoms with Crippen molar-refractivity contribution in [3.05, 3.63) is 70.1 Å². The number of Topliss-reactive ketones (excluding diaryl/α,β-unsaturated/α-hetero) is 2. The van der Waals surface area contributed by atoms with E-state index in [1.807, 2.05) is 6.07 Å². The van der Waals surface area contributed by atoms with E-state index < -0.39 is 11.6 Å². The molecule has 1 aromatic carbocycles. The minimum absolute atomic E-state index is 0.0118. The number of nitrogens with zero attached hydrogens (tertiary/aromatic N) is 2. The van der Waals surface area contributed by atoms with E-state index >= 15 is 0 Å². The summed E-state index contributed by atoms with van der Waals surface area (Å²) >= 11 is 6.02. The van der Waals surface area contributed by atoms with Crippen molar-refractivity contribution in [2.24, 2.45) is 0 Å². The summed E-state index contributed by atoms with van der Waals surface area (Å²) in [6.07, 6.45) is 1.43. The third-order valence-electron chi connectivity index (χ3n) is 3.17. The van der Waals surface area contributed by atoms with Crippen LogP contribution in [0.15, 0.2) is 53.3 Å². The number of anilines is 1. The van der Waals surface area contributed by atoms with Crippen LogP contribution in [0, 0.1) is 11.3 Å². The number of nitrogens with one attached hydrogen (secondary N) is 1. The summed E-state index contributed by atoms with van der Waals surface area (Å²) in [6, 6.07) is 11.6. The maximum atomic E-state index is 12.5. The number of halogens is 1. The van der Waals surface area contributed by atoms with E-state index in [0.717, 1.165) is 0 Å². The quantitative estimate of drug-likeness (QED) is 0.922. The van der Waals surface area contributed by atoms with Gasteiger partial charge in [0.2, 0.25) is 11.6 Å². The zero-order valence-electron chi connectivity index (χ0n) is 11.1. The summed E-state index contributed by atoms with van der Waals surface area (Å²) in [5.41, 5.74) is 1.17. The van der Waals surface area contributed by atoms with Gasteiger partial charge in [0.1, 0.15) is 16.4 Å². The van der Waals surface area contributed by atoms with Crippen LogP contribution in [-0.2, 0) is 0 Å². The minimum atomic E-state index is -0.504. The van der Waals surface area contributed by atoms with E-state index in [9.17, 15) is 9.59 Å². The van der Waals surface area contributed by atoms with Crippen molar-refractivity contribution in [2.75, 3.05) is 5.32 Å². The molecule has 5 nitrogen and oxygen atoms in total. The van der Waals surface area contributed by atoms with Gasteiger partial charge in [0.25, 0.3) is 0 Å². The van der Waals surface area contributed by atoms with Crippen LogP contribution < -0.4 is 5.32 Å². The number of fused-ring (bicyclic) bond motifs is 1. The number of aromatic nitrogens is 1. The monoisotopic (exact) mass is 309 g/mol. The molecule has 106 valence electrons. The lowest BCUT2D eigenvalue weighted by molar-refractivity contribution is 0.0978. The number of hydrogen-bond donors (Lipinski definition) is 1. The first-order chi connectivity index (χ1) is 10.6. The Morgan fingerprint density at radius 2 is 1.95 bits per heavy atom. The van der Waals surface area contributed by atoms with Crippen LogP contribution in [0.3, 0.4) is 0 Å². The van der Waals surface area contributed by atoms with E-state index in [2.05, 4.69) is 10.3 Å². The molecule has 6 heteroatoms. The standard InChI is InChI=1S/C16H8ClN3O2/c17-12-14(20-10-4-1-3-9(7-10)8-18)15(21)11-5-2-6-19-13(11)16(12)22/h1-7,20H. The van der Waals surface area contributed by atoms with Gasteiger partial charge in [-0.05, 0) is 30.3 Å². The fraction of sp³-hybridized carbons (Fsp3) is 0. The molecule has 0 bridgehead atoms. The highest BCUT2D eigenvalue weighted by Crippen LogP contribution is 2.28. The van der Waals surface area contributed by atoms with Crippen molar-refractivity contribution in [3.63, 3.8) is 0 Å². The summed E-state index contributed by atoms with van der Waals surface area (Å²) in [6.45, 7) is 0. The molecule has 1 aliphatic carbocycles. The fourth-order valence-electron chi connectivity index (χ4n) is 2.14. The first-order valence-corrected chi connectivity index (χ1v) is 6.71. The van der Waals surface area contributed by atoms with Crippen LogP contribution in [-0.4, -0.2) is 16.6 Å². The highest BCUT2D eigenvalue weighted by Gasteiger charge is 2.32. The molecule has 0 unspecified atom stereocenters. The second kappa shape index (κ2) is 5.43. The number of pyridine rings is 1. The van der Waals surface area contributed by atoms with Gasteiger partial charge in [0.05, 0.1) is 17.2 Å². The molecule has 0 atom stereocenters. The molecule has 0 saturated carbocycles. The van der Waals surface area contributed by atoms with Crippen molar-refractivity contribution >= 4 is 28.9 Å². The Morgan fingerprint density at radius 3 is 2.73 bits per heavy atom. The number of allylic oxidation sites excluding steroid dienone is 2. The van der Waals surface area contributed by atoms with Gasteiger partial charge >= 0.3 is 0 Å². The van der Waals surface area contributed by atoms with Gasteiger partial charge in [-0.2, -0.15) is 5.26 Å². The third kappa shape index (κ3) is 2.26. The van der Waals surface area contributed by atoms with Crippen LogP contribution in [0.4, 0.5) is 5.69 Å². The lowest BCUT2D eigenvalue weighted by Crippen LogP contribution is -2.25. The molecule has 0 saturated heterocycles. The van der Waals surface area contributed by atoms with Crippen LogP contribution in [0.5, 0.6) is 0 Å². The number of carbonyl (C=O) groups excluding carboxylic acids is 2. The van der Waals surface area contributed by atoms with Gasteiger partial charge in [0.15, 0.2) is 0 Å².